The summed E-state index contributed by atoms with van der Waals surface area (Å²) in [6.45, 7) is 1.08. The zero-order valence-corrected chi connectivity index (χ0v) is 16.4. The molecule has 3 rings (SSSR count). The van der Waals surface area contributed by atoms with Crippen LogP contribution in [0.5, 0.6) is 0 Å². The summed E-state index contributed by atoms with van der Waals surface area (Å²) < 4.78 is 15.1. The Labute approximate surface area is 169 Å². The minimum absolute atomic E-state index is 0.00580. The van der Waals surface area contributed by atoms with Crippen LogP contribution in [0, 0.1) is 6.92 Å². The Morgan fingerprint density at radius 1 is 1.17 bits per heavy atom. The molecule has 150 valence electrons. The molecule has 2 aromatic heterocycles. The lowest BCUT2D eigenvalue weighted by Gasteiger charge is -2.03. The number of anilines is 1. The van der Waals surface area contributed by atoms with Crippen LogP contribution in [-0.2, 0) is 25.5 Å². The zero-order chi connectivity index (χ0) is 20.8. The van der Waals surface area contributed by atoms with Crippen LogP contribution in [0.4, 0.5) is 5.13 Å². The predicted molar refractivity (Wildman–Crippen MR) is 103 cm³/mol. The van der Waals surface area contributed by atoms with Crippen molar-refractivity contribution in [3.63, 3.8) is 0 Å². The maximum atomic E-state index is 12.2. The van der Waals surface area contributed by atoms with Crippen LogP contribution >= 0.6 is 11.3 Å². The highest BCUT2D eigenvalue weighted by molar-refractivity contribution is 7.13. The van der Waals surface area contributed by atoms with Crippen LogP contribution in [0.1, 0.15) is 21.9 Å². The molecule has 0 unspecified atom stereocenters. The number of aryl methyl sites for hydroxylation is 1. The zero-order valence-electron chi connectivity index (χ0n) is 15.6. The lowest BCUT2D eigenvalue weighted by atomic mass is 10.2. The number of oxazole rings is 1. The van der Waals surface area contributed by atoms with Gasteiger partial charge in [-0.15, -0.1) is 11.3 Å². The van der Waals surface area contributed by atoms with E-state index in [0.717, 1.165) is 16.9 Å². The van der Waals surface area contributed by atoms with Crippen molar-refractivity contribution < 1.29 is 28.3 Å². The Hall–Kier alpha value is -3.53. The van der Waals surface area contributed by atoms with Gasteiger partial charge >= 0.3 is 11.9 Å². The van der Waals surface area contributed by atoms with Gasteiger partial charge in [0.2, 0.25) is 5.89 Å². The molecule has 0 bridgehead atoms. The van der Waals surface area contributed by atoms with Crippen LogP contribution in [-0.4, -0.2) is 41.5 Å². The van der Waals surface area contributed by atoms with Gasteiger partial charge in [0.05, 0.1) is 19.2 Å². The molecule has 0 saturated heterocycles. The first kappa shape index (κ1) is 20.2. The first-order valence-electron chi connectivity index (χ1n) is 8.47. The number of nitrogens with zero attached hydrogens (tertiary/aromatic N) is 2. The van der Waals surface area contributed by atoms with Crippen LogP contribution in [0.3, 0.4) is 0 Å². The molecule has 1 N–H and O–H groups in total. The number of ether oxygens (including phenoxy) is 2. The molecule has 0 spiro atoms. The van der Waals surface area contributed by atoms with Crippen molar-refractivity contribution in [3.05, 3.63) is 52.9 Å². The van der Waals surface area contributed by atoms with Gasteiger partial charge in [0.1, 0.15) is 5.76 Å². The molecule has 29 heavy (non-hydrogen) atoms. The third kappa shape index (κ3) is 5.26. The third-order valence-corrected chi connectivity index (χ3v) is 4.50. The van der Waals surface area contributed by atoms with Gasteiger partial charge in [-0.1, -0.05) is 18.2 Å². The standard InChI is InChI=1S/C19H17N3O6S/c1-11-16(22-17(28-11)12-6-4-3-5-7-12)18(25)27-9-14(23)21-19-20-13(10-29-19)8-15(24)26-2/h3-7,10H,8-9H2,1-2H3,(H,20,21,23). The number of esters is 2. The van der Waals surface area contributed by atoms with Gasteiger partial charge in [0.15, 0.2) is 17.4 Å². The average Bonchev–Trinajstić information content (AvgIpc) is 3.33. The number of benzene rings is 1. The van der Waals surface area contributed by atoms with Crippen LogP contribution in [0.25, 0.3) is 11.5 Å². The molecule has 2 heterocycles. The lowest BCUT2D eigenvalue weighted by molar-refractivity contribution is -0.139. The second-order valence-corrected chi connectivity index (χ2v) is 6.67. The van der Waals surface area contributed by atoms with Crippen molar-refractivity contribution in [2.75, 3.05) is 19.0 Å². The molecule has 0 radical (unpaired) electrons. The Bertz CT molecular complexity index is 1030. The van der Waals surface area contributed by atoms with E-state index in [1.54, 1.807) is 24.4 Å². The molecule has 0 saturated carbocycles. The van der Waals surface area contributed by atoms with Crippen LogP contribution in [0.2, 0.25) is 0 Å². The number of rotatable bonds is 7. The molecule has 10 heteroatoms. The molecule has 0 aliphatic heterocycles. The first-order chi connectivity index (χ1) is 14.0. The quantitative estimate of drug-likeness (QED) is 0.585. The van der Waals surface area contributed by atoms with E-state index in [1.165, 1.54) is 7.11 Å². The summed E-state index contributed by atoms with van der Waals surface area (Å²) in [6, 6.07) is 9.11. The number of nitrogens with one attached hydrogen (secondary N) is 1. The number of hydrogen-bond acceptors (Lipinski definition) is 9. The molecule has 0 aliphatic carbocycles. The normalized spacial score (nSPS) is 10.4. The number of carbonyl (C=O) groups excluding carboxylic acids is 3. The smallest absolute Gasteiger partial charge is 0.361 e. The molecule has 0 fully saturated rings. The summed E-state index contributed by atoms with van der Waals surface area (Å²) in [5.74, 6) is -1.18. The SMILES string of the molecule is COC(=O)Cc1csc(NC(=O)COC(=O)c2nc(-c3ccccc3)oc2C)n1. The summed E-state index contributed by atoms with van der Waals surface area (Å²) in [4.78, 5) is 43.7. The van der Waals surface area contributed by atoms with Gasteiger partial charge < -0.3 is 13.9 Å². The van der Waals surface area contributed by atoms with Gasteiger partial charge in [0.25, 0.3) is 5.91 Å². The summed E-state index contributed by atoms with van der Waals surface area (Å²) in [5.41, 5.74) is 1.20. The molecular formula is C19H17N3O6S. The van der Waals surface area contributed by atoms with Crippen LogP contribution < -0.4 is 5.32 Å². The van der Waals surface area contributed by atoms with Crippen LogP contribution in [0.15, 0.2) is 40.1 Å². The van der Waals surface area contributed by atoms with E-state index in [-0.39, 0.29) is 17.2 Å². The van der Waals surface area contributed by atoms with Gasteiger partial charge in [-0.05, 0) is 19.1 Å². The third-order valence-electron chi connectivity index (χ3n) is 3.70. The highest BCUT2D eigenvalue weighted by atomic mass is 32.1. The molecular weight excluding hydrogens is 398 g/mol. The molecule has 3 aromatic rings. The number of amides is 1. The fourth-order valence-corrected chi connectivity index (χ4v) is 3.04. The van der Waals surface area contributed by atoms with Crippen molar-refractivity contribution in [2.24, 2.45) is 0 Å². The van der Waals surface area contributed by atoms with Crippen molar-refractivity contribution in [1.29, 1.82) is 0 Å². The van der Waals surface area contributed by atoms with E-state index in [2.05, 4.69) is 20.0 Å². The molecule has 9 nitrogen and oxygen atoms in total. The summed E-state index contributed by atoms with van der Waals surface area (Å²) in [6.07, 6.45) is 0.00698. The Morgan fingerprint density at radius 3 is 2.66 bits per heavy atom. The minimum atomic E-state index is -0.769. The van der Waals surface area contributed by atoms with Gasteiger partial charge in [-0.2, -0.15) is 0 Å². The highest BCUT2D eigenvalue weighted by Gasteiger charge is 2.20. The molecule has 0 atom stereocenters. The van der Waals surface area contributed by atoms with E-state index in [0.29, 0.717) is 17.3 Å². The van der Waals surface area contributed by atoms with E-state index < -0.39 is 24.5 Å². The van der Waals surface area contributed by atoms with E-state index >= 15 is 0 Å². The monoisotopic (exact) mass is 415 g/mol. The maximum Gasteiger partial charge on any atom is 0.361 e. The largest absolute Gasteiger partial charge is 0.469 e. The first-order valence-corrected chi connectivity index (χ1v) is 9.35. The summed E-state index contributed by atoms with van der Waals surface area (Å²) in [5, 5.41) is 4.41. The van der Waals surface area contributed by atoms with Gasteiger partial charge in [0, 0.05) is 10.9 Å². The van der Waals surface area contributed by atoms with Crippen molar-refractivity contribution in [2.45, 2.75) is 13.3 Å². The second-order valence-electron chi connectivity index (χ2n) is 5.81. The predicted octanol–water partition coefficient (Wildman–Crippen LogP) is 2.62. The van der Waals surface area contributed by atoms with E-state index in [4.69, 9.17) is 9.15 Å². The minimum Gasteiger partial charge on any atom is -0.469 e. The van der Waals surface area contributed by atoms with Gasteiger partial charge in [-0.3, -0.25) is 14.9 Å². The average molecular weight is 415 g/mol. The summed E-state index contributed by atoms with van der Waals surface area (Å²) >= 11 is 1.15. The second kappa shape index (κ2) is 9.11. The summed E-state index contributed by atoms with van der Waals surface area (Å²) in [7, 11) is 1.28. The molecule has 0 aliphatic rings. The number of hydrogen-bond donors (Lipinski definition) is 1. The van der Waals surface area contributed by atoms with E-state index in [1.807, 2.05) is 18.2 Å². The fraction of sp³-hybridized carbons (Fsp3) is 0.211. The fourth-order valence-electron chi connectivity index (χ4n) is 2.31. The number of aromatic nitrogens is 2. The Kier molecular flexibility index (Phi) is 6.35. The van der Waals surface area contributed by atoms with Crippen molar-refractivity contribution in [3.8, 4) is 11.5 Å². The maximum absolute atomic E-state index is 12.2. The highest BCUT2D eigenvalue weighted by Crippen LogP contribution is 2.22. The molecule has 1 aromatic carbocycles. The van der Waals surface area contributed by atoms with Gasteiger partial charge in [-0.25, -0.2) is 14.8 Å². The number of carbonyl (C=O) groups is 3. The number of methoxy groups -OCH3 is 1. The van der Waals surface area contributed by atoms with Crippen molar-refractivity contribution in [1.82, 2.24) is 9.97 Å². The topological polar surface area (TPSA) is 121 Å². The van der Waals surface area contributed by atoms with Crippen molar-refractivity contribution >= 4 is 34.3 Å². The molecule has 1 amide bonds. The Balaban J connectivity index is 1.55. The number of thiazole rings is 1. The van der Waals surface area contributed by atoms with E-state index in [9.17, 15) is 14.4 Å². The lowest BCUT2D eigenvalue weighted by Crippen LogP contribution is -2.21. The Morgan fingerprint density at radius 2 is 1.93 bits per heavy atom.